The minimum atomic E-state index is -0.616. The van der Waals surface area contributed by atoms with Crippen LogP contribution in [0.15, 0.2) is 24.3 Å². The van der Waals surface area contributed by atoms with E-state index in [0.717, 1.165) is 37.7 Å². The van der Waals surface area contributed by atoms with Crippen molar-refractivity contribution in [2.24, 2.45) is 0 Å². The molecule has 1 aromatic carbocycles. The summed E-state index contributed by atoms with van der Waals surface area (Å²) in [6, 6.07) is 7.62. The predicted octanol–water partition coefficient (Wildman–Crippen LogP) is 2.15. The van der Waals surface area contributed by atoms with Crippen LogP contribution in [0.4, 0.5) is 0 Å². The highest BCUT2D eigenvalue weighted by molar-refractivity contribution is 6.30. The van der Waals surface area contributed by atoms with Crippen LogP contribution < -0.4 is 5.32 Å². The van der Waals surface area contributed by atoms with Gasteiger partial charge in [-0.1, -0.05) is 36.6 Å². The zero-order valence-corrected chi connectivity index (χ0v) is 12.7. The van der Waals surface area contributed by atoms with Crippen molar-refractivity contribution < 1.29 is 9.59 Å². The van der Waals surface area contributed by atoms with E-state index in [1.807, 2.05) is 24.3 Å². The molecule has 112 valence electrons. The van der Waals surface area contributed by atoms with Gasteiger partial charge < -0.3 is 10.2 Å². The summed E-state index contributed by atoms with van der Waals surface area (Å²) in [4.78, 5) is 26.3. The van der Waals surface area contributed by atoms with Gasteiger partial charge in [0.25, 0.3) is 0 Å². The summed E-state index contributed by atoms with van der Waals surface area (Å²) in [5.41, 5.74) is 0.508. The lowest BCUT2D eigenvalue weighted by atomic mass is 9.93. The highest BCUT2D eigenvalue weighted by Crippen LogP contribution is 2.33. The Labute approximate surface area is 129 Å². The van der Waals surface area contributed by atoms with Crippen molar-refractivity contribution >= 4 is 23.4 Å². The maximum Gasteiger partial charge on any atom is 0.248 e. The van der Waals surface area contributed by atoms with Crippen molar-refractivity contribution in [1.29, 1.82) is 0 Å². The summed E-state index contributed by atoms with van der Waals surface area (Å²) in [7, 11) is 0. The fourth-order valence-corrected chi connectivity index (χ4v) is 3.45. The molecular weight excluding hydrogens is 288 g/mol. The molecule has 1 N–H and O–H groups in total. The fourth-order valence-electron chi connectivity index (χ4n) is 3.32. The van der Waals surface area contributed by atoms with Gasteiger partial charge in [0, 0.05) is 11.6 Å². The standard InChI is InChI=1S/C16H19ClN2O2/c17-13-5-3-12(4-6-13)7-10-19-11-14(20)18-16(15(19)21)8-1-2-9-16/h3-6H,1-2,7-11H2,(H,18,20). The van der Waals surface area contributed by atoms with E-state index in [4.69, 9.17) is 11.6 Å². The molecule has 1 aliphatic heterocycles. The van der Waals surface area contributed by atoms with Crippen molar-refractivity contribution in [3.63, 3.8) is 0 Å². The minimum absolute atomic E-state index is 0.0346. The molecule has 0 atom stereocenters. The molecule has 1 saturated heterocycles. The van der Waals surface area contributed by atoms with E-state index >= 15 is 0 Å². The predicted molar refractivity (Wildman–Crippen MR) is 81.1 cm³/mol. The maximum absolute atomic E-state index is 12.7. The van der Waals surface area contributed by atoms with E-state index in [0.29, 0.717) is 11.6 Å². The summed E-state index contributed by atoms with van der Waals surface area (Å²) in [6.07, 6.45) is 4.31. The van der Waals surface area contributed by atoms with Crippen molar-refractivity contribution in [2.45, 2.75) is 37.6 Å². The number of halogens is 1. The SMILES string of the molecule is O=C1CN(CCc2ccc(Cl)cc2)C(=O)C2(CCCC2)N1. The third-order valence-electron chi connectivity index (χ3n) is 4.45. The van der Waals surface area contributed by atoms with Crippen LogP contribution in [0.3, 0.4) is 0 Å². The summed E-state index contributed by atoms with van der Waals surface area (Å²) < 4.78 is 0. The van der Waals surface area contributed by atoms with Gasteiger partial charge in [0.15, 0.2) is 0 Å². The van der Waals surface area contributed by atoms with Crippen molar-refractivity contribution in [1.82, 2.24) is 10.2 Å². The average Bonchev–Trinajstić information content (AvgIpc) is 2.92. The van der Waals surface area contributed by atoms with E-state index in [9.17, 15) is 9.59 Å². The van der Waals surface area contributed by atoms with Gasteiger partial charge in [-0.25, -0.2) is 0 Å². The number of hydrogen-bond donors (Lipinski definition) is 1. The Morgan fingerprint density at radius 2 is 1.81 bits per heavy atom. The normalized spacial score (nSPS) is 20.9. The molecule has 1 aromatic rings. The number of nitrogens with one attached hydrogen (secondary N) is 1. The highest BCUT2D eigenvalue weighted by atomic mass is 35.5. The first kappa shape index (κ1) is 14.4. The van der Waals surface area contributed by atoms with E-state index in [1.54, 1.807) is 4.90 Å². The van der Waals surface area contributed by atoms with Gasteiger partial charge >= 0.3 is 0 Å². The highest BCUT2D eigenvalue weighted by Gasteiger charge is 2.47. The maximum atomic E-state index is 12.7. The number of nitrogens with zero attached hydrogens (tertiary/aromatic N) is 1. The van der Waals surface area contributed by atoms with Crippen molar-refractivity contribution in [3.8, 4) is 0 Å². The molecule has 1 spiro atoms. The van der Waals surface area contributed by atoms with Gasteiger partial charge in [-0.05, 0) is 37.0 Å². The minimum Gasteiger partial charge on any atom is -0.340 e. The van der Waals surface area contributed by atoms with Crippen LogP contribution in [0, 0.1) is 0 Å². The van der Waals surface area contributed by atoms with E-state index in [1.165, 1.54) is 0 Å². The van der Waals surface area contributed by atoms with Gasteiger partial charge in [-0.3, -0.25) is 9.59 Å². The Hall–Kier alpha value is -1.55. The summed E-state index contributed by atoms with van der Waals surface area (Å²) in [5, 5.41) is 3.64. The van der Waals surface area contributed by atoms with Crippen LogP contribution in [0.25, 0.3) is 0 Å². The summed E-state index contributed by atoms with van der Waals surface area (Å²) in [6.45, 7) is 0.754. The molecule has 0 unspecified atom stereocenters. The summed E-state index contributed by atoms with van der Waals surface area (Å²) >= 11 is 5.87. The van der Waals surface area contributed by atoms with E-state index in [2.05, 4.69) is 5.32 Å². The van der Waals surface area contributed by atoms with Crippen LogP contribution in [-0.4, -0.2) is 35.3 Å². The molecule has 0 bridgehead atoms. The molecule has 21 heavy (non-hydrogen) atoms. The Morgan fingerprint density at radius 3 is 2.48 bits per heavy atom. The van der Waals surface area contributed by atoms with Crippen LogP contribution >= 0.6 is 11.6 Å². The molecule has 0 radical (unpaired) electrons. The number of rotatable bonds is 3. The lowest BCUT2D eigenvalue weighted by molar-refractivity contribution is -0.149. The van der Waals surface area contributed by atoms with Gasteiger partial charge in [-0.15, -0.1) is 0 Å². The molecular formula is C16H19ClN2O2. The Kier molecular flexibility index (Phi) is 3.89. The van der Waals surface area contributed by atoms with E-state index < -0.39 is 5.54 Å². The number of amides is 2. The van der Waals surface area contributed by atoms with Gasteiger partial charge in [-0.2, -0.15) is 0 Å². The average molecular weight is 307 g/mol. The third kappa shape index (κ3) is 2.91. The Bertz CT molecular complexity index is 550. The number of piperazine rings is 1. The lowest BCUT2D eigenvalue weighted by Crippen LogP contribution is -2.65. The topological polar surface area (TPSA) is 49.4 Å². The van der Waals surface area contributed by atoms with Crippen LogP contribution in [0.2, 0.25) is 5.02 Å². The zero-order chi connectivity index (χ0) is 14.9. The molecule has 4 nitrogen and oxygen atoms in total. The Balaban J connectivity index is 1.68. The molecule has 3 rings (SSSR count). The second kappa shape index (κ2) is 5.68. The zero-order valence-electron chi connectivity index (χ0n) is 11.9. The third-order valence-corrected chi connectivity index (χ3v) is 4.70. The molecule has 2 fully saturated rings. The Morgan fingerprint density at radius 1 is 1.14 bits per heavy atom. The summed E-state index contributed by atoms with van der Waals surface area (Å²) in [5.74, 6) is 0.0566. The van der Waals surface area contributed by atoms with Crippen LogP contribution in [0.5, 0.6) is 0 Å². The first-order valence-electron chi connectivity index (χ1n) is 7.44. The van der Waals surface area contributed by atoms with Crippen molar-refractivity contribution in [3.05, 3.63) is 34.9 Å². The molecule has 1 saturated carbocycles. The van der Waals surface area contributed by atoms with Gasteiger partial charge in [0.05, 0.1) is 6.54 Å². The molecule has 1 heterocycles. The molecule has 2 aliphatic rings. The number of benzene rings is 1. The van der Waals surface area contributed by atoms with Gasteiger partial charge in [0.1, 0.15) is 5.54 Å². The molecule has 2 amide bonds. The quantitative estimate of drug-likeness (QED) is 0.930. The lowest BCUT2D eigenvalue weighted by Gasteiger charge is -2.39. The number of carbonyl (C=O) groups excluding carboxylic acids is 2. The van der Waals surface area contributed by atoms with Crippen molar-refractivity contribution in [2.75, 3.05) is 13.1 Å². The monoisotopic (exact) mass is 306 g/mol. The first-order chi connectivity index (χ1) is 10.1. The van der Waals surface area contributed by atoms with Gasteiger partial charge in [0.2, 0.25) is 11.8 Å². The fraction of sp³-hybridized carbons (Fsp3) is 0.500. The van der Waals surface area contributed by atoms with E-state index in [-0.39, 0.29) is 18.4 Å². The molecule has 1 aliphatic carbocycles. The second-order valence-corrected chi connectivity index (χ2v) is 6.38. The molecule has 5 heteroatoms. The van der Waals surface area contributed by atoms with Crippen LogP contribution in [0.1, 0.15) is 31.2 Å². The largest absolute Gasteiger partial charge is 0.340 e. The number of carbonyl (C=O) groups is 2. The number of hydrogen-bond acceptors (Lipinski definition) is 2. The smallest absolute Gasteiger partial charge is 0.248 e. The first-order valence-corrected chi connectivity index (χ1v) is 7.82. The molecule has 0 aromatic heterocycles. The van der Waals surface area contributed by atoms with Crippen LogP contribution in [-0.2, 0) is 16.0 Å². The second-order valence-electron chi connectivity index (χ2n) is 5.94.